The van der Waals surface area contributed by atoms with Gasteiger partial charge < -0.3 is 4.90 Å². The Hall–Kier alpha value is -3.13. The Bertz CT molecular complexity index is 1190. The second-order valence-electron chi connectivity index (χ2n) is 8.60. The number of likely N-dealkylation sites (tertiary alicyclic amines) is 1. The number of amides is 1. The van der Waals surface area contributed by atoms with Crippen LogP contribution in [0.25, 0.3) is 21.6 Å². The minimum absolute atomic E-state index is 0.0341. The number of benzene rings is 2. The van der Waals surface area contributed by atoms with E-state index in [1.54, 1.807) is 11.3 Å². The first-order valence-corrected chi connectivity index (χ1v) is 11.9. The summed E-state index contributed by atoms with van der Waals surface area (Å²) in [6.45, 7) is 5.91. The summed E-state index contributed by atoms with van der Waals surface area (Å²) in [6.07, 6.45) is 1.87. The zero-order valence-electron chi connectivity index (χ0n) is 18.3. The molecule has 0 bridgehead atoms. The van der Waals surface area contributed by atoms with Gasteiger partial charge in [0.2, 0.25) is 11.7 Å². The van der Waals surface area contributed by atoms with Gasteiger partial charge in [-0.3, -0.25) is 4.79 Å². The van der Waals surface area contributed by atoms with Crippen molar-refractivity contribution in [1.29, 1.82) is 0 Å². The second-order valence-corrected chi connectivity index (χ2v) is 9.66. The molecular formula is C24H26N6OS. The van der Waals surface area contributed by atoms with E-state index in [2.05, 4.69) is 59.6 Å². The van der Waals surface area contributed by atoms with Crippen molar-refractivity contribution < 1.29 is 4.79 Å². The van der Waals surface area contributed by atoms with Crippen LogP contribution in [0.15, 0.2) is 48.5 Å². The fourth-order valence-corrected chi connectivity index (χ4v) is 5.24. The van der Waals surface area contributed by atoms with Crippen LogP contribution in [0.2, 0.25) is 0 Å². The first-order valence-electron chi connectivity index (χ1n) is 11.1. The van der Waals surface area contributed by atoms with Gasteiger partial charge in [-0.15, -0.1) is 21.5 Å². The number of carbonyl (C=O) groups is 1. The Labute approximate surface area is 191 Å². The fourth-order valence-electron chi connectivity index (χ4n) is 4.10. The van der Waals surface area contributed by atoms with Crippen LogP contribution < -0.4 is 0 Å². The van der Waals surface area contributed by atoms with Crippen molar-refractivity contribution in [2.24, 2.45) is 0 Å². The predicted molar refractivity (Wildman–Crippen MR) is 126 cm³/mol. The number of rotatable bonds is 5. The Balaban J connectivity index is 1.18. The van der Waals surface area contributed by atoms with Crippen molar-refractivity contribution in [3.8, 4) is 11.4 Å². The van der Waals surface area contributed by atoms with E-state index >= 15 is 0 Å². The number of para-hydroxylation sites is 1. The van der Waals surface area contributed by atoms with Gasteiger partial charge in [0, 0.05) is 24.6 Å². The van der Waals surface area contributed by atoms with E-state index in [4.69, 9.17) is 4.98 Å². The summed E-state index contributed by atoms with van der Waals surface area (Å²) in [7, 11) is 0. The molecule has 1 aliphatic heterocycles. The smallest absolute Gasteiger partial charge is 0.246 e. The van der Waals surface area contributed by atoms with Gasteiger partial charge >= 0.3 is 0 Å². The highest BCUT2D eigenvalue weighted by Gasteiger charge is 2.26. The fraction of sp³-hybridized carbons (Fsp3) is 0.375. The lowest BCUT2D eigenvalue weighted by Gasteiger charge is -2.30. The summed E-state index contributed by atoms with van der Waals surface area (Å²) < 4.78 is 1.23. The van der Waals surface area contributed by atoms with Gasteiger partial charge in [0.1, 0.15) is 6.54 Å². The number of aromatic nitrogens is 5. The lowest BCUT2D eigenvalue weighted by molar-refractivity contribution is -0.133. The third kappa shape index (κ3) is 4.27. The van der Waals surface area contributed by atoms with Crippen molar-refractivity contribution >= 4 is 27.5 Å². The van der Waals surface area contributed by atoms with Gasteiger partial charge in [-0.25, -0.2) is 4.98 Å². The van der Waals surface area contributed by atoms with Crippen LogP contribution in [0.3, 0.4) is 0 Å². The third-order valence-corrected chi connectivity index (χ3v) is 7.27. The molecule has 1 fully saturated rings. The summed E-state index contributed by atoms with van der Waals surface area (Å²) in [4.78, 5) is 20.9. The highest BCUT2D eigenvalue weighted by atomic mass is 32.1. The summed E-state index contributed by atoms with van der Waals surface area (Å²) >= 11 is 1.77. The average Bonchev–Trinajstić information content (AvgIpc) is 3.46. The molecule has 5 rings (SSSR count). The van der Waals surface area contributed by atoms with Crippen LogP contribution in [0, 0.1) is 0 Å². The highest BCUT2D eigenvalue weighted by molar-refractivity contribution is 7.18. The van der Waals surface area contributed by atoms with Crippen LogP contribution in [-0.4, -0.2) is 49.1 Å². The first kappa shape index (κ1) is 20.8. The zero-order chi connectivity index (χ0) is 22.1. The minimum atomic E-state index is 0.0341. The Morgan fingerprint density at radius 1 is 1.09 bits per heavy atom. The molecule has 164 valence electrons. The van der Waals surface area contributed by atoms with Crippen molar-refractivity contribution in [1.82, 2.24) is 30.1 Å². The SMILES string of the molecule is CC(C)c1ccc(-c2nnn(CC(=O)N3CCC(c4nc5ccccc5s4)CC3)n2)cc1. The molecule has 0 atom stereocenters. The highest BCUT2D eigenvalue weighted by Crippen LogP contribution is 2.33. The lowest BCUT2D eigenvalue weighted by atomic mass is 9.97. The number of carbonyl (C=O) groups excluding carboxylic acids is 1. The molecule has 1 saturated heterocycles. The molecule has 7 nitrogen and oxygen atoms in total. The lowest BCUT2D eigenvalue weighted by Crippen LogP contribution is -2.40. The van der Waals surface area contributed by atoms with E-state index in [1.807, 2.05) is 23.1 Å². The van der Waals surface area contributed by atoms with Crippen LogP contribution >= 0.6 is 11.3 Å². The van der Waals surface area contributed by atoms with Crippen LogP contribution in [0.4, 0.5) is 0 Å². The molecule has 0 saturated carbocycles. The van der Waals surface area contributed by atoms with Gasteiger partial charge in [0.05, 0.1) is 15.2 Å². The molecule has 0 unspecified atom stereocenters. The van der Waals surface area contributed by atoms with Crippen molar-refractivity contribution in [3.63, 3.8) is 0 Å². The van der Waals surface area contributed by atoms with Crippen LogP contribution in [0.1, 0.15) is 49.1 Å². The van der Waals surface area contributed by atoms with E-state index in [0.29, 0.717) is 17.7 Å². The summed E-state index contributed by atoms with van der Waals surface area (Å²) in [5.41, 5.74) is 3.24. The molecular weight excluding hydrogens is 420 g/mol. The minimum Gasteiger partial charge on any atom is -0.341 e. The number of hydrogen-bond donors (Lipinski definition) is 0. The molecule has 2 aromatic carbocycles. The van der Waals surface area contributed by atoms with Crippen molar-refractivity contribution in [2.75, 3.05) is 13.1 Å². The van der Waals surface area contributed by atoms with E-state index in [-0.39, 0.29) is 12.5 Å². The summed E-state index contributed by atoms with van der Waals surface area (Å²) in [5, 5.41) is 13.8. The van der Waals surface area contributed by atoms with Crippen molar-refractivity contribution in [2.45, 2.75) is 45.1 Å². The molecule has 0 N–H and O–H groups in total. The number of tetrazole rings is 1. The molecule has 0 aliphatic carbocycles. The Kier molecular flexibility index (Phi) is 5.70. The standard InChI is InChI=1S/C24H26N6OS/c1-16(2)17-7-9-18(10-8-17)23-26-28-30(27-23)15-22(31)29-13-11-19(12-14-29)24-25-20-5-3-4-6-21(20)32-24/h3-10,16,19H,11-15H2,1-2H3. The average molecular weight is 447 g/mol. The number of piperidine rings is 1. The van der Waals surface area contributed by atoms with E-state index in [9.17, 15) is 4.79 Å². The topological polar surface area (TPSA) is 76.8 Å². The van der Waals surface area contributed by atoms with Gasteiger partial charge in [-0.05, 0) is 41.7 Å². The van der Waals surface area contributed by atoms with Gasteiger partial charge in [-0.1, -0.05) is 50.2 Å². The van der Waals surface area contributed by atoms with Gasteiger partial charge in [-0.2, -0.15) is 4.80 Å². The molecule has 2 aromatic heterocycles. The normalized spacial score (nSPS) is 15.0. The number of hydrogen-bond acceptors (Lipinski definition) is 6. The zero-order valence-corrected chi connectivity index (χ0v) is 19.1. The third-order valence-electron chi connectivity index (χ3n) is 6.07. The molecule has 1 amide bonds. The van der Waals surface area contributed by atoms with E-state index in [1.165, 1.54) is 20.1 Å². The summed E-state index contributed by atoms with van der Waals surface area (Å²) in [6, 6.07) is 16.4. The molecule has 1 aliphatic rings. The summed E-state index contributed by atoms with van der Waals surface area (Å²) in [5.74, 6) is 1.47. The maximum atomic E-state index is 12.8. The van der Waals surface area contributed by atoms with Crippen LogP contribution in [-0.2, 0) is 11.3 Å². The molecule has 0 spiro atoms. The molecule has 32 heavy (non-hydrogen) atoms. The Morgan fingerprint density at radius 2 is 1.84 bits per heavy atom. The first-order chi connectivity index (χ1) is 15.6. The number of nitrogens with zero attached hydrogens (tertiary/aromatic N) is 6. The van der Waals surface area contributed by atoms with E-state index < -0.39 is 0 Å². The molecule has 0 radical (unpaired) electrons. The largest absolute Gasteiger partial charge is 0.341 e. The van der Waals surface area contributed by atoms with E-state index in [0.717, 1.165) is 37.0 Å². The van der Waals surface area contributed by atoms with Gasteiger partial charge in [0.25, 0.3) is 0 Å². The van der Waals surface area contributed by atoms with Crippen LogP contribution in [0.5, 0.6) is 0 Å². The Morgan fingerprint density at radius 3 is 2.56 bits per heavy atom. The molecule has 3 heterocycles. The number of fused-ring (bicyclic) bond motifs is 1. The number of thiazole rings is 1. The van der Waals surface area contributed by atoms with Gasteiger partial charge in [0.15, 0.2) is 0 Å². The maximum absolute atomic E-state index is 12.8. The second kappa shape index (κ2) is 8.78. The quantitative estimate of drug-likeness (QED) is 0.452. The maximum Gasteiger partial charge on any atom is 0.246 e. The monoisotopic (exact) mass is 446 g/mol. The van der Waals surface area contributed by atoms with Crippen molar-refractivity contribution in [3.05, 3.63) is 59.1 Å². The predicted octanol–water partition coefficient (Wildman–Crippen LogP) is 4.48. The molecule has 8 heteroatoms. The molecule has 4 aromatic rings.